The number of hydrogen-bond acceptors (Lipinski definition) is 2. The standard InChI is InChI=1S/C16H25NO2/c1-4-5-6-14-7-9-15(10-8-14)16(19)17(3)12-11-13(2)18/h7-10,13,18H,4-6,11-12H2,1-3H3. The monoisotopic (exact) mass is 263 g/mol. The Labute approximate surface area is 116 Å². The van der Waals surface area contributed by atoms with Crippen molar-refractivity contribution in [3.05, 3.63) is 35.4 Å². The predicted molar refractivity (Wildman–Crippen MR) is 78.3 cm³/mol. The molecule has 0 aliphatic heterocycles. The summed E-state index contributed by atoms with van der Waals surface area (Å²) in [5.41, 5.74) is 2.00. The van der Waals surface area contributed by atoms with Crippen LogP contribution in [0.15, 0.2) is 24.3 Å². The lowest BCUT2D eigenvalue weighted by Crippen LogP contribution is -2.29. The van der Waals surface area contributed by atoms with Crippen LogP contribution in [-0.4, -0.2) is 35.6 Å². The van der Waals surface area contributed by atoms with E-state index in [9.17, 15) is 9.90 Å². The van der Waals surface area contributed by atoms with Crippen LogP contribution in [0.4, 0.5) is 0 Å². The lowest BCUT2D eigenvalue weighted by molar-refractivity contribution is 0.0769. The number of benzene rings is 1. The van der Waals surface area contributed by atoms with E-state index in [4.69, 9.17) is 0 Å². The molecule has 0 aliphatic rings. The summed E-state index contributed by atoms with van der Waals surface area (Å²) in [5.74, 6) is 0.0164. The average molecular weight is 263 g/mol. The van der Waals surface area contributed by atoms with Gasteiger partial charge in [-0.3, -0.25) is 4.79 Å². The highest BCUT2D eigenvalue weighted by Gasteiger charge is 2.11. The summed E-state index contributed by atoms with van der Waals surface area (Å²) >= 11 is 0. The van der Waals surface area contributed by atoms with Crippen molar-refractivity contribution in [3.8, 4) is 0 Å². The summed E-state index contributed by atoms with van der Waals surface area (Å²) in [7, 11) is 1.77. The SMILES string of the molecule is CCCCc1ccc(C(=O)N(C)CCC(C)O)cc1. The highest BCUT2D eigenvalue weighted by atomic mass is 16.3. The number of unbranched alkanes of at least 4 members (excludes halogenated alkanes) is 1. The second-order valence-electron chi connectivity index (χ2n) is 5.16. The zero-order chi connectivity index (χ0) is 14.3. The Kier molecular flexibility index (Phi) is 6.57. The van der Waals surface area contributed by atoms with E-state index in [1.165, 1.54) is 18.4 Å². The summed E-state index contributed by atoms with van der Waals surface area (Å²) in [5, 5.41) is 9.23. The molecule has 0 heterocycles. The van der Waals surface area contributed by atoms with Gasteiger partial charge in [0.25, 0.3) is 5.91 Å². The normalized spacial score (nSPS) is 12.2. The number of nitrogens with zero attached hydrogens (tertiary/aromatic N) is 1. The zero-order valence-corrected chi connectivity index (χ0v) is 12.2. The van der Waals surface area contributed by atoms with Crippen LogP contribution in [0.25, 0.3) is 0 Å². The predicted octanol–water partition coefficient (Wildman–Crippen LogP) is 2.87. The highest BCUT2D eigenvalue weighted by molar-refractivity contribution is 5.94. The van der Waals surface area contributed by atoms with Crippen LogP contribution in [-0.2, 0) is 6.42 Å². The van der Waals surface area contributed by atoms with Crippen LogP contribution >= 0.6 is 0 Å². The molecule has 1 aromatic rings. The first-order chi connectivity index (χ1) is 9.04. The molecular formula is C16H25NO2. The fourth-order valence-corrected chi connectivity index (χ4v) is 1.90. The lowest BCUT2D eigenvalue weighted by Gasteiger charge is -2.18. The quantitative estimate of drug-likeness (QED) is 0.821. The van der Waals surface area contributed by atoms with Gasteiger partial charge in [0, 0.05) is 19.2 Å². The molecule has 3 nitrogen and oxygen atoms in total. The molecule has 0 aromatic heterocycles. The lowest BCUT2D eigenvalue weighted by atomic mass is 10.1. The summed E-state index contributed by atoms with van der Waals surface area (Å²) in [4.78, 5) is 13.8. The van der Waals surface area contributed by atoms with Gasteiger partial charge in [0.2, 0.25) is 0 Å². The average Bonchev–Trinajstić information content (AvgIpc) is 2.42. The van der Waals surface area contributed by atoms with Crippen molar-refractivity contribution in [3.63, 3.8) is 0 Å². The molecule has 19 heavy (non-hydrogen) atoms. The fourth-order valence-electron chi connectivity index (χ4n) is 1.90. The van der Waals surface area contributed by atoms with Gasteiger partial charge in [-0.05, 0) is 43.9 Å². The number of amides is 1. The van der Waals surface area contributed by atoms with E-state index in [0.29, 0.717) is 18.5 Å². The maximum atomic E-state index is 12.1. The van der Waals surface area contributed by atoms with Crippen molar-refractivity contribution in [1.82, 2.24) is 4.90 Å². The molecular weight excluding hydrogens is 238 g/mol. The first-order valence-electron chi connectivity index (χ1n) is 7.07. The van der Waals surface area contributed by atoms with E-state index in [1.807, 2.05) is 24.3 Å². The second-order valence-corrected chi connectivity index (χ2v) is 5.16. The van der Waals surface area contributed by atoms with Crippen molar-refractivity contribution in [2.75, 3.05) is 13.6 Å². The number of hydrogen-bond donors (Lipinski definition) is 1. The molecule has 0 spiro atoms. The maximum Gasteiger partial charge on any atom is 0.253 e. The Bertz CT molecular complexity index is 384. The van der Waals surface area contributed by atoms with Gasteiger partial charge in [-0.25, -0.2) is 0 Å². The molecule has 1 atom stereocenters. The van der Waals surface area contributed by atoms with Crippen LogP contribution < -0.4 is 0 Å². The van der Waals surface area contributed by atoms with Gasteiger partial charge >= 0.3 is 0 Å². The number of carbonyl (C=O) groups is 1. The number of rotatable bonds is 7. The molecule has 0 saturated heterocycles. The summed E-state index contributed by atoms with van der Waals surface area (Å²) in [6.45, 7) is 4.49. The Balaban J connectivity index is 2.56. The molecule has 1 N–H and O–H groups in total. The smallest absolute Gasteiger partial charge is 0.253 e. The minimum atomic E-state index is -0.369. The summed E-state index contributed by atoms with van der Waals surface area (Å²) < 4.78 is 0. The molecule has 0 fully saturated rings. The van der Waals surface area contributed by atoms with Gasteiger partial charge in [0.05, 0.1) is 6.10 Å². The highest BCUT2D eigenvalue weighted by Crippen LogP contribution is 2.10. The van der Waals surface area contributed by atoms with Crippen LogP contribution in [0, 0.1) is 0 Å². The van der Waals surface area contributed by atoms with Crippen molar-refractivity contribution in [1.29, 1.82) is 0 Å². The van der Waals surface area contributed by atoms with Gasteiger partial charge < -0.3 is 10.0 Å². The fraction of sp³-hybridized carbons (Fsp3) is 0.562. The number of carbonyl (C=O) groups excluding carboxylic acids is 1. The maximum absolute atomic E-state index is 12.1. The van der Waals surface area contributed by atoms with E-state index < -0.39 is 0 Å². The third-order valence-electron chi connectivity index (χ3n) is 3.25. The van der Waals surface area contributed by atoms with Gasteiger partial charge in [-0.2, -0.15) is 0 Å². The molecule has 1 rings (SSSR count). The minimum Gasteiger partial charge on any atom is -0.393 e. The first kappa shape index (κ1) is 15.7. The number of aliphatic hydroxyl groups excluding tert-OH is 1. The van der Waals surface area contributed by atoms with E-state index in [1.54, 1.807) is 18.9 Å². The molecule has 0 saturated carbocycles. The molecule has 0 bridgehead atoms. The van der Waals surface area contributed by atoms with E-state index in [2.05, 4.69) is 6.92 Å². The Morgan fingerprint density at radius 2 is 1.95 bits per heavy atom. The topological polar surface area (TPSA) is 40.5 Å². The Morgan fingerprint density at radius 1 is 1.32 bits per heavy atom. The first-order valence-corrected chi connectivity index (χ1v) is 7.07. The molecule has 0 aliphatic carbocycles. The largest absolute Gasteiger partial charge is 0.393 e. The van der Waals surface area contributed by atoms with Crippen molar-refractivity contribution >= 4 is 5.91 Å². The van der Waals surface area contributed by atoms with E-state index >= 15 is 0 Å². The Morgan fingerprint density at radius 3 is 2.47 bits per heavy atom. The third kappa shape index (κ3) is 5.43. The summed E-state index contributed by atoms with van der Waals surface area (Å²) in [6, 6.07) is 7.86. The van der Waals surface area contributed by atoms with Crippen LogP contribution in [0.1, 0.15) is 49.0 Å². The van der Waals surface area contributed by atoms with Crippen molar-refractivity contribution < 1.29 is 9.90 Å². The number of aryl methyl sites for hydroxylation is 1. The zero-order valence-electron chi connectivity index (χ0n) is 12.2. The van der Waals surface area contributed by atoms with Crippen LogP contribution in [0.2, 0.25) is 0 Å². The molecule has 1 aromatic carbocycles. The third-order valence-corrected chi connectivity index (χ3v) is 3.25. The van der Waals surface area contributed by atoms with Gasteiger partial charge in [-0.15, -0.1) is 0 Å². The van der Waals surface area contributed by atoms with Gasteiger partial charge in [0.15, 0.2) is 0 Å². The van der Waals surface area contributed by atoms with Gasteiger partial charge in [0.1, 0.15) is 0 Å². The van der Waals surface area contributed by atoms with E-state index in [0.717, 1.165) is 6.42 Å². The number of aliphatic hydroxyl groups is 1. The second kappa shape index (κ2) is 7.95. The molecule has 1 amide bonds. The van der Waals surface area contributed by atoms with Gasteiger partial charge in [-0.1, -0.05) is 25.5 Å². The van der Waals surface area contributed by atoms with Crippen LogP contribution in [0.5, 0.6) is 0 Å². The van der Waals surface area contributed by atoms with Crippen molar-refractivity contribution in [2.24, 2.45) is 0 Å². The summed E-state index contributed by atoms with van der Waals surface area (Å²) in [6.07, 6.45) is 3.68. The molecule has 3 heteroatoms. The molecule has 106 valence electrons. The Hall–Kier alpha value is -1.35. The minimum absolute atomic E-state index is 0.0164. The van der Waals surface area contributed by atoms with Crippen LogP contribution in [0.3, 0.4) is 0 Å². The van der Waals surface area contributed by atoms with Crippen molar-refractivity contribution in [2.45, 2.75) is 45.6 Å². The molecule has 1 unspecified atom stereocenters. The molecule has 0 radical (unpaired) electrons. The van der Waals surface area contributed by atoms with E-state index in [-0.39, 0.29) is 12.0 Å².